The van der Waals surface area contributed by atoms with E-state index in [-0.39, 0.29) is 5.41 Å². The Morgan fingerprint density at radius 3 is 2.44 bits per heavy atom. The lowest BCUT2D eigenvalue weighted by Gasteiger charge is -2.29. The van der Waals surface area contributed by atoms with Gasteiger partial charge in [0, 0.05) is 5.56 Å². The summed E-state index contributed by atoms with van der Waals surface area (Å²) < 4.78 is 5.58. The summed E-state index contributed by atoms with van der Waals surface area (Å²) in [5, 5.41) is 3.40. The maximum Gasteiger partial charge on any atom is 0.123 e. The normalized spacial score (nSPS) is 11.7. The van der Waals surface area contributed by atoms with Crippen LogP contribution in [0.2, 0.25) is 0 Å². The van der Waals surface area contributed by atoms with Crippen molar-refractivity contribution >= 4 is 0 Å². The Balaban J connectivity index is 3.06. The van der Waals surface area contributed by atoms with Gasteiger partial charge in [0.05, 0.1) is 7.11 Å². The molecule has 0 amide bonds. The second-order valence-corrected chi connectivity index (χ2v) is 5.65. The van der Waals surface area contributed by atoms with Crippen molar-refractivity contribution in [1.29, 1.82) is 0 Å². The van der Waals surface area contributed by atoms with Crippen molar-refractivity contribution in [2.75, 3.05) is 20.2 Å². The fourth-order valence-corrected chi connectivity index (χ4v) is 2.66. The van der Waals surface area contributed by atoms with E-state index in [1.54, 1.807) is 7.11 Å². The molecule has 0 saturated carbocycles. The molecule has 0 aliphatic carbocycles. The third-order valence-electron chi connectivity index (χ3n) is 3.52. The van der Waals surface area contributed by atoms with E-state index in [4.69, 9.17) is 4.74 Å². The van der Waals surface area contributed by atoms with Crippen LogP contribution < -0.4 is 10.1 Å². The SMILES string of the molecule is CCNCCC(C)(C)c1c(C)cc(C)cc1OC. The van der Waals surface area contributed by atoms with E-state index in [1.165, 1.54) is 16.7 Å². The van der Waals surface area contributed by atoms with Gasteiger partial charge in [-0.25, -0.2) is 0 Å². The topological polar surface area (TPSA) is 21.3 Å². The second kappa shape index (κ2) is 6.24. The van der Waals surface area contributed by atoms with Gasteiger partial charge < -0.3 is 10.1 Å². The minimum atomic E-state index is 0.130. The number of aryl methyl sites for hydroxylation is 2. The molecule has 18 heavy (non-hydrogen) atoms. The molecule has 0 saturated heterocycles. The van der Waals surface area contributed by atoms with Crippen molar-refractivity contribution in [3.05, 3.63) is 28.8 Å². The molecular formula is C16H27NO. The van der Waals surface area contributed by atoms with Crippen LogP contribution in [0.5, 0.6) is 5.75 Å². The van der Waals surface area contributed by atoms with Crippen molar-refractivity contribution < 1.29 is 4.74 Å². The Morgan fingerprint density at radius 1 is 1.22 bits per heavy atom. The molecule has 0 heterocycles. The lowest BCUT2D eigenvalue weighted by molar-refractivity contribution is 0.381. The summed E-state index contributed by atoms with van der Waals surface area (Å²) in [4.78, 5) is 0. The predicted octanol–water partition coefficient (Wildman–Crippen LogP) is 3.59. The molecule has 0 aliphatic heterocycles. The number of benzene rings is 1. The Hall–Kier alpha value is -1.02. The monoisotopic (exact) mass is 249 g/mol. The molecular weight excluding hydrogens is 222 g/mol. The van der Waals surface area contributed by atoms with Gasteiger partial charge in [0.1, 0.15) is 5.75 Å². The molecule has 0 radical (unpaired) electrons. The molecule has 2 heteroatoms. The minimum absolute atomic E-state index is 0.130. The van der Waals surface area contributed by atoms with Gasteiger partial charge in [-0.2, -0.15) is 0 Å². The molecule has 0 unspecified atom stereocenters. The Morgan fingerprint density at radius 2 is 1.89 bits per heavy atom. The van der Waals surface area contributed by atoms with Gasteiger partial charge in [0.2, 0.25) is 0 Å². The zero-order valence-corrected chi connectivity index (χ0v) is 12.7. The number of nitrogens with one attached hydrogen (secondary N) is 1. The van der Waals surface area contributed by atoms with Crippen molar-refractivity contribution in [3.8, 4) is 5.75 Å². The molecule has 0 bridgehead atoms. The predicted molar refractivity (Wildman–Crippen MR) is 78.7 cm³/mol. The van der Waals surface area contributed by atoms with Gasteiger partial charge in [-0.05, 0) is 56.0 Å². The molecule has 0 atom stereocenters. The molecule has 0 fully saturated rings. The smallest absolute Gasteiger partial charge is 0.123 e. The molecule has 0 aromatic heterocycles. The van der Waals surface area contributed by atoms with Crippen LogP contribution in [0.25, 0.3) is 0 Å². The number of rotatable bonds is 6. The lowest BCUT2D eigenvalue weighted by atomic mass is 9.78. The molecule has 1 aromatic rings. The minimum Gasteiger partial charge on any atom is -0.496 e. The zero-order valence-electron chi connectivity index (χ0n) is 12.7. The molecule has 0 aliphatic rings. The van der Waals surface area contributed by atoms with Crippen LogP contribution in [0, 0.1) is 13.8 Å². The van der Waals surface area contributed by atoms with Crippen LogP contribution >= 0.6 is 0 Å². The number of methoxy groups -OCH3 is 1. The molecule has 2 nitrogen and oxygen atoms in total. The van der Waals surface area contributed by atoms with E-state index >= 15 is 0 Å². The Bertz CT molecular complexity index is 396. The zero-order chi connectivity index (χ0) is 13.8. The van der Waals surface area contributed by atoms with Crippen LogP contribution in [0.4, 0.5) is 0 Å². The quantitative estimate of drug-likeness (QED) is 0.778. The molecule has 1 N–H and O–H groups in total. The first-order valence-electron chi connectivity index (χ1n) is 6.78. The average molecular weight is 249 g/mol. The van der Waals surface area contributed by atoms with Crippen LogP contribution in [0.1, 0.15) is 43.9 Å². The highest BCUT2D eigenvalue weighted by molar-refractivity contribution is 5.47. The summed E-state index contributed by atoms with van der Waals surface area (Å²) in [6.45, 7) is 13.1. The maximum atomic E-state index is 5.58. The highest BCUT2D eigenvalue weighted by atomic mass is 16.5. The van der Waals surface area contributed by atoms with Crippen LogP contribution in [-0.2, 0) is 5.41 Å². The van der Waals surface area contributed by atoms with Gasteiger partial charge in [0.15, 0.2) is 0 Å². The van der Waals surface area contributed by atoms with E-state index in [1.807, 2.05) is 0 Å². The number of ether oxygens (including phenoxy) is 1. The molecule has 0 spiro atoms. The largest absolute Gasteiger partial charge is 0.496 e. The fourth-order valence-electron chi connectivity index (χ4n) is 2.66. The van der Waals surface area contributed by atoms with E-state index < -0.39 is 0 Å². The van der Waals surface area contributed by atoms with Crippen molar-refractivity contribution in [3.63, 3.8) is 0 Å². The van der Waals surface area contributed by atoms with Gasteiger partial charge in [-0.3, -0.25) is 0 Å². The summed E-state index contributed by atoms with van der Waals surface area (Å²) >= 11 is 0. The summed E-state index contributed by atoms with van der Waals surface area (Å²) in [7, 11) is 1.76. The maximum absolute atomic E-state index is 5.58. The Kier molecular flexibility index (Phi) is 5.21. The summed E-state index contributed by atoms with van der Waals surface area (Å²) in [5.41, 5.74) is 4.06. The van der Waals surface area contributed by atoms with Crippen LogP contribution in [0.15, 0.2) is 12.1 Å². The van der Waals surface area contributed by atoms with Gasteiger partial charge >= 0.3 is 0 Å². The van der Waals surface area contributed by atoms with Crippen molar-refractivity contribution in [2.45, 2.75) is 46.5 Å². The van der Waals surface area contributed by atoms with E-state index in [2.05, 4.69) is 52.1 Å². The van der Waals surface area contributed by atoms with E-state index in [9.17, 15) is 0 Å². The van der Waals surface area contributed by atoms with Crippen LogP contribution in [0.3, 0.4) is 0 Å². The number of hydrogen-bond acceptors (Lipinski definition) is 2. The van der Waals surface area contributed by atoms with Crippen LogP contribution in [-0.4, -0.2) is 20.2 Å². The standard InChI is InChI=1S/C16H27NO/c1-7-17-9-8-16(4,5)15-13(3)10-12(2)11-14(15)18-6/h10-11,17H,7-9H2,1-6H3. The number of hydrogen-bond donors (Lipinski definition) is 1. The Labute approximate surface area is 112 Å². The highest BCUT2D eigenvalue weighted by Gasteiger charge is 2.26. The average Bonchev–Trinajstić information content (AvgIpc) is 2.27. The lowest BCUT2D eigenvalue weighted by Crippen LogP contribution is -2.26. The van der Waals surface area contributed by atoms with E-state index in [0.29, 0.717) is 0 Å². The van der Waals surface area contributed by atoms with Gasteiger partial charge in [-0.15, -0.1) is 0 Å². The third-order valence-corrected chi connectivity index (χ3v) is 3.52. The summed E-state index contributed by atoms with van der Waals surface area (Å²) in [6, 6.07) is 4.38. The third kappa shape index (κ3) is 3.49. The summed E-state index contributed by atoms with van der Waals surface area (Å²) in [5.74, 6) is 1.02. The van der Waals surface area contributed by atoms with Crippen molar-refractivity contribution in [2.24, 2.45) is 0 Å². The fraction of sp³-hybridized carbons (Fsp3) is 0.625. The first-order valence-corrected chi connectivity index (χ1v) is 6.78. The first kappa shape index (κ1) is 15.0. The van der Waals surface area contributed by atoms with Gasteiger partial charge in [0.25, 0.3) is 0 Å². The van der Waals surface area contributed by atoms with Crippen molar-refractivity contribution in [1.82, 2.24) is 5.32 Å². The highest BCUT2D eigenvalue weighted by Crippen LogP contribution is 2.37. The molecule has 1 aromatic carbocycles. The van der Waals surface area contributed by atoms with E-state index in [0.717, 1.165) is 25.3 Å². The van der Waals surface area contributed by atoms with Gasteiger partial charge in [-0.1, -0.05) is 26.8 Å². The molecule has 1 rings (SSSR count). The second-order valence-electron chi connectivity index (χ2n) is 5.65. The first-order chi connectivity index (χ1) is 8.42. The molecule has 102 valence electrons. The summed E-state index contributed by atoms with van der Waals surface area (Å²) in [6.07, 6.45) is 1.11.